The maximum atomic E-state index is 5.79. The summed E-state index contributed by atoms with van der Waals surface area (Å²) in [6.07, 6.45) is 4.04. The van der Waals surface area contributed by atoms with E-state index in [1.165, 1.54) is 0 Å². The zero-order valence-electron chi connectivity index (χ0n) is 6.46. The third-order valence-corrected chi connectivity index (χ3v) is 1.97. The molecule has 4 heteroatoms. The highest BCUT2D eigenvalue weighted by Crippen LogP contribution is 2.34. The molecule has 0 saturated heterocycles. The smallest absolute Gasteiger partial charge is 0.179 e. The SMILES string of the molecule is Nc1ccnc(Cl)c1OC1CC1. The highest BCUT2D eigenvalue weighted by Gasteiger charge is 2.25. The van der Waals surface area contributed by atoms with Gasteiger partial charge in [-0.25, -0.2) is 4.98 Å². The Morgan fingerprint density at radius 2 is 2.33 bits per heavy atom. The zero-order valence-corrected chi connectivity index (χ0v) is 7.21. The van der Waals surface area contributed by atoms with Gasteiger partial charge in [-0.15, -0.1) is 0 Å². The van der Waals surface area contributed by atoms with Crippen LogP contribution >= 0.6 is 11.6 Å². The molecule has 2 rings (SSSR count). The van der Waals surface area contributed by atoms with Crippen LogP contribution in [0.3, 0.4) is 0 Å². The molecule has 0 spiro atoms. The third-order valence-electron chi connectivity index (χ3n) is 1.70. The van der Waals surface area contributed by atoms with E-state index in [9.17, 15) is 0 Å². The molecule has 1 aromatic rings. The van der Waals surface area contributed by atoms with Crippen LogP contribution in [-0.2, 0) is 0 Å². The predicted octanol–water partition coefficient (Wildman–Crippen LogP) is 1.86. The Kier molecular flexibility index (Phi) is 1.81. The Hall–Kier alpha value is -0.960. The molecule has 0 atom stereocenters. The minimum absolute atomic E-state index is 0.300. The van der Waals surface area contributed by atoms with Gasteiger partial charge in [0.05, 0.1) is 11.8 Å². The third kappa shape index (κ3) is 1.46. The van der Waals surface area contributed by atoms with Crippen molar-refractivity contribution in [1.82, 2.24) is 4.98 Å². The van der Waals surface area contributed by atoms with Crippen molar-refractivity contribution in [2.24, 2.45) is 0 Å². The number of nitrogens with zero attached hydrogens (tertiary/aromatic N) is 1. The van der Waals surface area contributed by atoms with Crippen LogP contribution in [-0.4, -0.2) is 11.1 Å². The van der Waals surface area contributed by atoms with Crippen molar-refractivity contribution in [2.75, 3.05) is 5.73 Å². The van der Waals surface area contributed by atoms with Crippen molar-refractivity contribution in [3.63, 3.8) is 0 Å². The fourth-order valence-electron chi connectivity index (χ4n) is 0.906. The second-order valence-electron chi connectivity index (χ2n) is 2.84. The number of hydrogen-bond donors (Lipinski definition) is 1. The molecule has 1 aliphatic rings. The standard InChI is InChI=1S/C8H9ClN2O/c9-8-7(12-5-1-2-5)6(10)3-4-11-8/h3-5H,1-2H2,(H2,10,11). The van der Waals surface area contributed by atoms with Crippen LogP contribution in [0.1, 0.15) is 12.8 Å². The fraction of sp³-hybridized carbons (Fsp3) is 0.375. The molecule has 0 bridgehead atoms. The molecule has 1 aromatic heterocycles. The van der Waals surface area contributed by atoms with Crippen LogP contribution in [0.2, 0.25) is 5.15 Å². The average molecular weight is 185 g/mol. The van der Waals surface area contributed by atoms with Gasteiger partial charge < -0.3 is 10.5 Å². The van der Waals surface area contributed by atoms with E-state index >= 15 is 0 Å². The lowest BCUT2D eigenvalue weighted by atomic mass is 10.4. The quantitative estimate of drug-likeness (QED) is 0.714. The maximum Gasteiger partial charge on any atom is 0.179 e. The Morgan fingerprint density at radius 1 is 1.58 bits per heavy atom. The lowest BCUT2D eigenvalue weighted by Crippen LogP contribution is -2.01. The number of pyridine rings is 1. The first-order chi connectivity index (χ1) is 5.77. The van der Waals surface area contributed by atoms with Crippen LogP contribution in [0.4, 0.5) is 5.69 Å². The van der Waals surface area contributed by atoms with Gasteiger partial charge in [0.15, 0.2) is 10.9 Å². The normalized spacial score (nSPS) is 16.1. The second kappa shape index (κ2) is 2.83. The van der Waals surface area contributed by atoms with E-state index in [-0.39, 0.29) is 0 Å². The average Bonchev–Trinajstić information content (AvgIpc) is 2.80. The molecule has 3 nitrogen and oxygen atoms in total. The summed E-state index contributed by atoms with van der Waals surface area (Å²) >= 11 is 5.79. The molecule has 64 valence electrons. The summed E-state index contributed by atoms with van der Waals surface area (Å²) in [5.41, 5.74) is 6.21. The molecule has 0 radical (unpaired) electrons. The van der Waals surface area contributed by atoms with Gasteiger partial charge in [-0.05, 0) is 18.9 Å². The fourth-order valence-corrected chi connectivity index (χ4v) is 1.12. The molecule has 12 heavy (non-hydrogen) atoms. The molecule has 1 saturated carbocycles. The number of ether oxygens (including phenoxy) is 1. The topological polar surface area (TPSA) is 48.1 Å². The van der Waals surface area contributed by atoms with E-state index in [1.54, 1.807) is 12.3 Å². The van der Waals surface area contributed by atoms with Gasteiger partial charge >= 0.3 is 0 Å². The van der Waals surface area contributed by atoms with E-state index in [1.807, 2.05) is 0 Å². The number of nitrogens with two attached hydrogens (primary N) is 1. The maximum absolute atomic E-state index is 5.79. The summed E-state index contributed by atoms with van der Waals surface area (Å²) in [6.45, 7) is 0. The van der Waals surface area contributed by atoms with Crippen LogP contribution in [0.15, 0.2) is 12.3 Å². The van der Waals surface area contributed by atoms with E-state index < -0.39 is 0 Å². The van der Waals surface area contributed by atoms with Crippen molar-refractivity contribution in [3.05, 3.63) is 17.4 Å². The molecule has 0 amide bonds. The van der Waals surface area contributed by atoms with Gasteiger partial charge in [0.1, 0.15) is 0 Å². The molecule has 1 fully saturated rings. The molecule has 1 heterocycles. The molecular weight excluding hydrogens is 176 g/mol. The first-order valence-electron chi connectivity index (χ1n) is 3.84. The Balaban J connectivity index is 2.26. The van der Waals surface area contributed by atoms with Gasteiger partial charge in [-0.2, -0.15) is 0 Å². The van der Waals surface area contributed by atoms with Crippen LogP contribution in [0, 0.1) is 0 Å². The zero-order chi connectivity index (χ0) is 8.55. The molecule has 2 N–H and O–H groups in total. The molecule has 0 aromatic carbocycles. The summed E-state index contributed by atoms with van der Waals surface area (Å²) in [7, 11) is 0. The van der Waals surface area contributed by atoms with Gasteiger partial charge in [0.25, 0.3) is 0 Å². The molecule has 1 aliphatic carbocycles. The minimum Gasteiger partial charge on any atom is -0.485 e. The molecule has 0 aliphatic heterocycles. The highest BCUT2D eigenvalue weighted by molar-refractivity contribution is 6.31. The lowest BCUT2D eigenvalue weighted by Gasteiger charge is -2.07. The molecule has 0 unspecified atom stereocenters. The summed E-state index contributed by atoms with van der Waals surface area (Å²) in [4.78, 5) is 3.88. The molecular formula is C8H9ClN2O. The number of anilines is 1. The summed E-state index contributed by atoms with van der Waals surface area (Å²) < 4.78 is 5.47. The Morgan fingerprint density at radius 3 is 2.92 bits per heavy atom. The van der Waals surface area contributed by atoms with Crippen LogP contribution in [0.25, 0.3) is 0 Å². The summed E-state index contributed by atoms with van der Waals surface area (Å²) in [6, 6.07) is 1.68. The highest BCUT2D eigenvalue weighted by atomic mass is 35.5. The predicted molar refractivity (Wildman–Crippen MR) is 47.3 cm³/mol. The lowest BCUT2D eigenvalue weighted by molar-refractivity contribution is 0.304. The monoisotopic (exact) mass is 184 g/mol. The number of hydrogen-bond acceptors (Lipinski definition) is 3. The van der Waals surface area contributed by atoms with Crippen molar-refractivity contribution in [1.29, 1.82) is 0 Å². The van der Waals surface area contributed by atoms with Gasteiger partial charge in [0, 0.05) is 6.20 Å². The van der Waals surface area contributed by atoms with E-state index in [4.69, 9.17) is 22.1 Å². The summed E-state index contributed by atoms with van der Waals surface area (Å²) in [5, 5.41) is 0.349. The van der Waals surface area contributed by atoms with Gasteiger partial charge in [0.2, 0.25) is 0 Å². The largest absolute Gasteiger partial charge is 0.485 e. The number of aromatic nitrogens is 1. The number of halogens is 1. The second-order valence-corrected chi connectivity index (χ2v) is 3.20. The first-order valence-corrected chi connectivity index (χ1v) is 4.22. The number of rotatable bonds is 2. The minimum atomic E-state index is 0.300. The van der Waals surface area contributed by atoms with E-state index in [0.29, 0.717) is 22.7 Å². The van der Waals surface area contributed by atoms with Crippen molar-refractivity contribution in [2.45, 2.75) is 18.9 Å². The van der Waals surface area contributed by atoms with Gasteiger partial charge in [-0.1, -0.05) is 11.6 Å². The van der Waals surface area contributed by atoms with Crippen molar-refractivity contribution >= 4 is 17.3 Å². The first kappa shape index (κ1) is 7.68. The van der Waals surface area contributed by atoms with Crippen molar-refractivity contribution in [3.8, 4) is 5.75 Å². The van der Waals surface area contributed by atoms with Crippen LogP contribution in [0.5, 0.6) is 5.75 Å². The summed E-state index contributed by atoms with van der Waals surface area (Å²) in [5.74, 6) is 0.529. The van der Waals surface area contributed by atoms with Crippen molar-refractivity contribution < 1.29 is 4.74 Å². The Labute approximate surface area is 75.5 Å². The van der Waals surface area contributed by atoms with E-state index in [0.717, 1.165) is 12.8 Å². The van der Waals surface area contributed by atoms with E-state index in [2.05, 4.69) is 4.98 Å². The van der Waals surface area contributed by atoms with Gasteiger partial charge in [-0.3, -0.25) is 0 Å². The van der Waals surface area contributed by atoms with Crippen LogP contribution < -0.4 is 10.5 Å². The Bertz CT molecular complexity index is 279. The number of nitrogen functional groups attached to an aromatic ring is 1.